The highest BCUT2D eigenvalue weighted by molar-refractivity contribution is 9.09. The average Bonchev–Trinajstić information content (AvgIpc) is 2.70. The van der Waals surface area contributed by atoms with Crippen LogP contribution >= 0.6 is 15.9 Å². The largest absolute Gasteiger partial charge is 0.335 e. The van der Waals surface area contributed by atoms with E-state index in [4.69, 9.17) is 0 Å². The van der Waals surface area contributed by atoms with Gasteiger partial charge in [0, 0.05) is 23.5 Å². The molecule has 1 aromatic carbocycles. The summed E-state index contributed by atoms with van der Waals surface area (Å²) < 4.78 is 0. The van der Waals surface area contributed by atoms with E-state index in [-0.39, 0.29) is 23.2 Å². The molecule has 1 saturated heterocycles. The number of para-hydroxylation sites is 1. The minimum Gasteiger partial charge on any atom is -0.335 e. The summed E-state index contributed by atoms with van der Waals surface area (Å²) in [6, 6.07) is 5.04. The van der Waals surface area contributed by atoms with Crippen LogP contribution in [-0.2, 0) is 0 Å². The van der Waals surface area contributed by atoms with Crippen molar-refractivity contribution in [3.8, 4) is 0 Å². The number of benzene rings is 1. The van der Waals surface area contributed by atoms with Crippen molar-refractivity contribution in [2.75, 3.05) is 11.9 Å². The summed E-state index contributed by atoms with van der Waals surface area (Å²) in [7, 11) is 0. The number of carbonyl (C=O) groups is 1. The quantitative estimate of drug-likeness (QED) is 0.472. The van der Waals surface area contributed by atoms with Crippen LogP contribution in [-0.4, -0.2) is 33.6 Å². The Balaban J connectivity index is 2.38. The molecule has 0 N–H and O–H groups in total. The van der Waals surface area contributed by atoms with E-state index in [0.29, 0.717) is 17.4 Å². The van der Waals surface area contributed by atoms with Crippen LogP contribution in [0.3, 0.4) is 0 Å². The van der Waals surface area contributed by atoms with Gasteiger partial charge in [-0.15, -0.1) is 0 Å². The Bertz CT molecular complexity index is 548. The molecule has 0 bridgehead atoms. The summed E-state index contributed by atoms with van der Waals surface area (Å²) in [5.74, 6) is -0.225. The molecule has 1 fully saturated rings. The number of hydrogen-bond donors (Lipinski definition) is 0. The molecule has 0 saturated carbocycles. The fraction of sp³-hybridized carbons (Fsp3) is 0.533. The maximum atomic E-state index is 12.8. The van der Waals surface area contributed by atoms with E-state index < -0.39 is 4.92 Å². The van der Waals surface area contributed by atoms with Crippen molar-refractivity contribution >= 4 is 27.5 Å². The number of aryl methyl sites for hydroxylation is 1. The molecule has 1 amide bonds. The Labute approximate surface area is 132 Å². The third-order valence-corrected chi connectivity index (χ3v) is 4.71. The van der Waals surface area contributed by atoms with Crippen LogP contribution in [0.5, 0.6) is 0 Å². The van der Waals surface area contributed by atoms with Gasteiger partial charge in [-0.2, -0.15) is 0 Å². The van der Waals surface area contributed by atoms with E-state index in [9.17, 15) is 14.9 Å². The van der Waals surface area contributed by atoms with Crippen LogP contribution in [0.1, 0.15) is 41.6 Å². The van der Waals surface area contributed by atoms with Gasteiger partial charge < -0.3 is 4.90 Å². The smallest absolute Gasteiger partial charge is 0.285 e. The maximum Gasteiger partial charge on any atom is 0.285 e. The van der Waals surface area contributed by atoms with Gasteiger partial charge in [0.2, 0.25) is 0 Å². The zero-order chi connectivity index (χ0) is 15.4. The second-order valence-electron chi connectivity index (χ2n) is 5.38. The van der Waals surface area contributed by atoms with Crippen molar-refractivity contribution in [2.45, 2.75) is 38.6 Å². The minimum absolute atomic E-state index is 0.0694. The summed E-state index contributed by atoms with van der Waals surface area (Å²) in [6.07, 6.45) is 4.09. The Morgan fingerprint density at radius 3 is 2.86 bits per heavy atom. The Hall–Kier alpha value is -1.43. The van der Waals surface area contributed by atoms with E-state index in [0.717, 1.165) is 25.7 Å². The van der Waals surface area contributed by atoms with Gasteiger partial charge in [-0.3, -0.25) is 14.9 Å². The van der Waals surface area contributed by atoms with Gasteiger partial charge in [0.05, 0.1) is 4.92 Å². The topological polar surface area (TPSA) is 63.5 Å². The molecule has 21 heavy (non-hydrogen) atoms. The lowest BCUT2D eigenvalue weighted by Crippen LogP contribution is -2.41. The molecule has 1 heterocycles. The van der Waals surface area contributed by atoms with Crippen molar-refractivity contribution in [2.24, 2.45) is 0 Å². The van der Waals surface area contributed by atoms with Crippen molar-refractivity contribution < 1.29 is 9.72 Å². The van der Waals surface area contributed by atoms with Crippen LogP contribution in [0, 0.1) is 17.0 Å². The molecule has 6 heteroatoms. The van der Waals surface area contributed by atoms with Gasteiger partial charge in [-0.25, -0.2) is 0 Å². The summed E-state index contributed by atoms with van der Waals surface area (Å²) in [6.45, 7) is 2.33. The van der Waals surface area contributed by atoms with Crippen LogP contribution in [0.4, 0.5) is 5.69 Å². The standard InChI is InChI=1S/C15H19BrN2O3/c1-11-6-5-8-13(14(11)18(20)21)15(19)17-9-4-2-3-7-12(17)10-16/h5-6,8,12H,2-4,7,9-10H2,1H3. The average molecular weight is 355 g/mol. The number of rotatable bonds is 3. The van der Waals surface area contributed by atoms with Gasteiger partial charge >= 0.3 is 0 Å². The molecule has 1 aliphatic rings. The van der Waals surface area contributed by atoms with E-state index >= 15 is 0 Å². The Morgan fingerprint density at radius 2 is 2.19 bits per heavy atom. The first-order valence-electron chi connectivity index (χ1n) is 7.17. The third-order valence-electron chi connectivity index (χ3n) is 3.97. The predicted octanol–water partition coefficient (Wildman–Crippen LogP) is 3.68. The zero-order valence-electron chi connectivity index (χ0n) is 12.0. The normalized spacial score (nSPS) is 19.1. The van der Waals surface area contributed by atoms with E-state index in [1.807, 2.05) is 0 Å². The van der Waals surface area contributed by atoms with Crippen LogP contribution in [0.2, 0.25) is 0 Å². The first-order chi connectivity index (χ1) is 10.1. The minimum atomic E-state index is -0.455. The molecule has 0 aromatic heterocycles. The second-order valence-corrected chi connectivity index (χ2v) is 6.03. The van der Waals surface area contributed by atoms with Gasteiger partial charge in [-0.1, -0.05) is 40.9 Å². The molecular formula is C15H19BrN2O3. The molecule has 0 radical (unpaired) electrons. The highest BCUT2D eigenvalue weighted by atomic mass is 79.9. The van der Waals surface area contributed by atoms with Gasteiger partial charge in [0.15, 0.2) is 0 Å². The van der Waals surface area contributed by atoms with Crippen LogP contribution in [0.15, 0.2) is 18.2 Å². The van der Waals surface area contributed by atoms with Gasteiger partial charge in [0.25, 0.3) is 11.6 Å². The monoisotopic (exact) mass is 354 g/mol. The Kier molecular flexibility index (Phi) is 5.33. The molecule has 1 aromatic rings. The van der Waals surface area contributed by atoms with E-state index in [1.54, 1.807) is 30.0 Å². The van der Waals surface area contributed by atoms with E-state index in [1.165, 1.54) is 0 Å². The molecule has 0 aliphatic carbocycles. The zero-order valence-corrected chi connectivity index (χ0v) is 13.6. The third kappa shape index (κ3) is 3.43. The summed E-state index contributed by atoms with van der Waals surface area (Å²) >= 11 is 3.46. The van der Waals surface area contributed by atoms with Gasteiger partial charge in [0.1, 0.15) is 5.56 Å². The number of nitrogens with zero attached hydrogens (tertiary/aromatic N) is 2. The molecular weight excluding hydrogens is 336 g/mol. The molecule has 1 unspecified atom stereocenters. The lowest BCUT2D eigenvalue weighted by Gasteiger charge is -2.28. The predicted molar refractivity (Wildman–Crippen MR) is 84.9 cm³/mol. The fourth-order valence-electron chi connectivity index (χ4n) is 2.83. The molecule has 2 rings (SSSR count). The highest BCUT2D eigenvalue weighted by Crippen LogP contribution is 2.27. The molecule has 1 aliphatic heterocycles. The van der Waals surface area contributed by atoms with Crippen molar-refractivity contribution in [1.82, 2.24) is 4.90 Å². The second kappa shape index (κ2) is 7.02. The van der Waals surface area contributed by atoms with Crippen molar-refractivity contribution in [3.05, 3.63) is 39.4 Å². The molecule has 114 valence electrons. The highest BCUT2D eigenvalue weighted by Gasteiger charge is 2.30. The lowest BCUT2D eigenvalue weighted by molar-refractivity contribution is -0.385. The number of halogens is 1. The summed E-state index contributed by atoms with van der Waals surface area (Å²) in [5.41, 5.74) is 0.656. The summed E-state index contributed by atoms with van der Waals surface area (Å²) in [4.78, 5) is 25.4. The number of likely N-dealkylation sites (tertiary alicyclic amines) is 1. The van der Waals surface area contributed by atoms with E-state index in [2.05, 4.69) is 15.9 Å². The summed E-state index contributed by atoms with van der Waals surface area (Å²) in [5, 5.41) is 12.0. The van der Waals surface area contributed by atoms with Gasteiger partial charge in [-0.05, 0) is 25.8 Å². The Morgan fingerprint density at radius 1 is 1.43 bits per heavy atom. The van der Waals surface area contributed by atoms with Crippen LogP contribution in [0.25, 0.3) is 0 Å². The molecule has 1 atom stereocenters. The fourth-order valence-corrected chi connectivity index (χ4v) is 3.51. The maximum absolute atomic E-state index is 12.8. The molecule has 0 spiro atoms. The SMILES string of the molecule is Cc1cccc(C(=O)N2CCCCCC2CBr)c1[N+](=O)[O-]. The van der Waals surface area contributed by atoms with Crippen molar-refractivity contribution in [3.63, 3.8) is 0 Å². The first kappa shape index (κ1) is 15.9. The first-order valence-corrected chi connectivity index (χ1v) is 8.29. The number of nitro benzene ring substituents is 1. The number of amides is 1. The van der Waals surface area contributed by atoms with Crippen molar-refractivity contribution in [1.29, 1.82) is 0 Å². The number of carbonyl (C=O) groups excluding carboxylic acids is 1. The number of alkyl halides is 1. The number of nitro groups is 1. The molecule has 5 nitrogen and oxygen atoms in total. The number of hydrogen-bond acceptors (Lipinski definition) is 3. The van der Waals surface area contributed by atoms with Crippen LogP contribution < -0.4 is 0 Å². The lowest BCUT2D eigenvalue weighted by atomic mass is 10.1.